The molecule has 0 amide bonds. The Kier molecular flexibility index (Phi) is 14.3. The Morgan fingerprint density at radius 3 is 1.53 bits per heavy atom. The van der Waals surface area contributed by atoms with Gasteiger partial charge in [-0.25, -0.2) is 0 Å². The van der Waals surface area contributed by atoms with Gasteiger partial charge in [-0.3, -0.25) is 0 Å². The number of unbranched alkanes of at least 4 members (excludes halogenated alkanes) is 9. The molecule has 0 nitrogen and oxygen atoms in total. The molecule has 0 unspecified atom stereocenters. The molecule has 0 aromatic heterocycles. The zero-order chi connectivity index (χ0) is 12.6. The summed E-state index contributed by atoms with van der Waals surface area (Å²) < 4.78 is 0. The zero-order valence-corrected chi connectivity index (χ0v) is 11.8. The SMILES string of the molecule is CCCCCC#CC#CCCCCCCCC. The van der Waals surface area contributed by atoms with E-state index < -0.39 is 0 Å². The highest BCUT2D eigenvalue weighted by atomic mass is 13.9. The second kappa shape index (κ2) is 15.1. The van der Waals surface area contributed by atoms with Crippen LogP contribution in [-0.4, -0.2) is 0 Å². The minimum absolute atomic E-state index is 1.01. The Morgan fingerprint density at radius 2 is 0.941 bits per heavy atom. The lowest BCUT2D eigenvalue weighted by Gasteiger charge is -1.96. The van der Waals surface area contributed by atoms with Gasteiger partial charge in [0.25, 0.3) is 0 Å². The van der Waals surface area contributed by atoms with Crippen LogP contribution in [0.25, 0.3) is 0 Å². The molecule has 0 heteroatoms. The van der Waals surface area contributed by atoms with Gasteiger partial charge < -0.3 is 0 Å². The average molecular weight is 232 g/mol. The Bertz CT molecular complexity index is 253. The van der Waals surface area contributed by atoms with Crippen LogP contribution in [0.1, 0.15) is 84.5 Å². The van der Waals surface area contributed by atoms with E-state index in [0.717, 1.165) is 12.8 Å². The van der Waals surface area contributed by atoms with E-state index in [1.165, 1.54) is 57.8 Å². The molecular weight excluding hydrogens is 204 g/mol. The maximum Gasteiger partial charge on any atom is 0.00989 e. The van der Waals surface area contributed by atoms with Crippen LogP contribution in [0.2, 0.25) is 0 Å². The quantitative estimate of drug-likeness (QED) is 0.372. The highest BCUT2D eigenvalue weighted by molar-refractivity contribution is 5.25. The fourth-order valence-corrected chi connectivity index (χ4v) is 1.67. The molecule has 0 aliphatic heterocycles. The highest BCUT2D eigenvalue weighted by Crippen LogP contribution is 2.05. The van der Waals surface area contributed by atoms with Crippen molar-refractivity contribution in [1.29, 1.82) is 0 Å². The molecule has 0 aromatic rings. The van der Waals surface area contributed by atoms with Gasteiger partial charge in [-0.1, -0.05) is 70.6 Å². The van der Waals surface area contributed by atoms with Gasteiger partial charge in [-0.2, -0.15) is 0 Å². The predicted molar refractivity (Wildman–Crippen MR) is 77.7 cm³/mol. The molecule has 0 bridgehead atoms. The molecule has 0 rings (SSSR count). The van der Waals surface area contributed by atoms with Crippen molar-refractivity contribution in [3.63, 3.8) is 0 Å². The molecule has 0 aliphatic carbocycles. The first kappa shape index (κ1) is 16.1. The summed E-state index contributed by atoms with van der Waals surface area (Å²) in [5.74, 6) is 12.2. The van der Waals surface area contributed by atoms with Crippen LogP contribution in [0.4, 0.5) is 0 Å². The summed E-state index contributed by atoms with van der Waals surface area (Å²) in [6.07, 6.45) is 13.9. The van der Waals surface area contributed by atoms with E-state index in [1.807, 2.05) is 0 Å². The summed E-state index contributed by atoms with van der Waals surface area (Å²) in [6.45, 7) is 4.47. The van der Waals surface area contributed by atoms with Gasteiger partial charge in [0.15, 0.2) is 0 Å². The van der Waals surface area contributed by atoms with E-state index in [-0.39, 0.29) is 0 Å². The van der Waals surface area contributed by atoms with E-state index in [4.69, 9.17) is 0 Å². The minimum atomic E-state index is 1.01. The van der Waals surface area contributed by atoms with Crippen LogP contribution < -0.4 is 0 Å². The van der Waals surface area contributed by atoms with Gasteiger partial charge in [-0.15, -0.1) is 0 Å². The lowest BCUT2D eigenvalue weighted by atomic mass is 10.1. The first-order valence-corrected chi connectivity index (χ1v) is 7.37. The zero-order valence-electron chi connectivity index (χ0n) is 11.8. The minimum Gasteiger partial charge on any atom is -0.0891 e. The number of hydrogen-bond acceptors (Lipinski definition) is 0. The molecule has 0 heterocycles. The van der Waals surface area contributed by atoms with Gasteiger partial charge in [0, 0.05) is 12.8 Å². The molecular formula is C17H28. The topological polar surface area (TPSA) is 0 Å². The van der Waals surface area contributed by atoms with Gasteiger partial charge in [0.2, 0.25) is 0 Å². The lowest BCUT2D eigenvalue weighted by molar-refractivity contribution is 0.614. The fraction of sp³-hybridized carbons (Fsp3) is 0.765. The molecule has 0 fully saturated rings. The standard InChI is InChI=1S/C17H28/c1-3-5-7-9-11-13-15-17-16-14-12-10-8-6-4-2/h3-11,13,15H2,1-2H3. The molecule has 0 aromatic carbocycles. The second-order valence-electron chi connectivity index (χ2n) is 4.58. The molecule has 0 radical (unpaired) electrons. The molecule has 0 saturated carbocycles. The molecule has 0 spiro atoms. The van der Waals surface area contributed by atoms with Crippen molar-refractivity contribution in [1.82, 2.24) is 0 Å². The van der Waals surface area contributed by atoms with Crippen molar-refractivity contribution >= 4 is 0 Å². The summed E-state index contributed by atoms with van der Waals surface area (Å²) in [5, 5.41) is 0. The summed E-state index contributed by atoms with van der Waals surface area (Å²) in [7, 11) is 0. The monoisotopic (exact) mass is 232 g/mol. The van der Waals surface area contributed by atoms with E-state index in [1.54, 1.807) is 0 Å². The van der Waals surface area contributed by atoms with E-state index in [2.05, 4.69) is 37.5 Å². The Balaban J connectivity index is 3.24. The van der Waals surface area contributed by atoms with Crippen LogP contribution in [0.5, 0.6) is 0 Å². The van der Waals surface area contributed by atoms with Crippen LogP contribution in [0, 0.1) is 23.7 Å². The predicted octanol–water partition coefficient (Wildman–Crippen LogP) is 5.32. The van der Waals surface area contributed by atoms with Crippen LogP contribution in [0.3, 0.4) is 0 Å². The first-order valence-electron chi connectivity index (χ1n) is 7.37. The molecule has 96 valence electrons. The molecule has 0 aliphatic rings. The van der Waals surface area contributed by atoms with Gasteiger partial charge >= 0.3 is 0 Å². The highest BCUT2D eigenvalue weighted by Gasteiger charge is 1.87. The summed E-state index contributed by atoms with van der Waals surface area (Å²) in [5.41, 5.74) is 0. The van der Waals surface area contributed by atoms with Crippen molar-refractivity contribution in [3.8, 4) is 23.7 Å². The summed E-state index contributed by atoms with van der Waals surface area (Å²) in [4.78, 5) is 0. The molecule has 0 saturated heterocycles. The molecule has 0 N–H and O–H groups in total. The summed E-state index contributed by atoms with van der Waals surface area (Å²) in [6, 6.07) is 0. The lowest BCUT2D eigenvalue weighted by Crippen LogP contribution is -1.77. The van der Waals surface area contributed by atoms with E-state index in [9.17, 15) is 0 Å². The largest absolute Gasteiger partial charge is 0.0891 e. The Morgan fingerprint density at radius 1 is 0.529 bits per heavy atom. The molecule has 0 atom stereocenters. The fourth-order valence-electron chi connectivity index (χ4n) is 1.67. The first-order chi connectivity index (χ1) is 8.41. The maximum absolute atomic E-state index is 3.14. The summed E-state index contributed by atoms with van der Waals surface area (Å²) >= 11 is 0. The normalized spacial score (nSPS) is 9.06. The van der Waals surface area contributed by atoms with Crippen LogP contribution in [0.15, 0.2) is 0 Å². The van der Waals surface area contributed by atoms with Crippen molar-refractivity contribution < 1.29 is 0 Å². The van der Waals surface area contributed by atoms with Crippen LogP contribution >= 0.6 is 0 Å². The van der Waals surface area contributed by atoms with Crippen LogP contribution in [-0.2, 0) is 0 Å². The van der Waals surface area contributed by atoms with Crippen molar-refractivity contribution in [2.75, 3.05) is 0 Å². The van der Waals surface area contributed by atoms with Crippen molar-refractivity contribution in [2.45, 2.75) is 84.5 Å². The van der Waals surface area contributed by atoms with Crippen molar-refractivity contribution in [2.24, 2.45) is 0 Å². The third-order valence-electron chi connectivity index (χ3n) is 2.80. The third kappa shape index (κ3) is 15.1. The number of rotatable bonds is 9. The van der Waals surface area contributed by atoms with Gasteiger partial charge in [0.1, 0.15) is 0 Å². The van der Waals surface area contributed by atoms with E-state index in [0.29, 0.717) is 0 Å². The van der Waals surface area contributed by atoms with Gasteiger partial charge in [-0.05, 0) is 24.7 Å². The third-order valence-corrected chi connectivity index (χ3v) is 2.80. The average Bonchev–Trinajstić information content (AvgIpc) is 2.35. The van der Waals surface area contributed by atoms with Gasteiger partial charge in [0.05, 0.1) is 0 Å². The maximum atomic E-state index is 3.14. The molecule has 17 heavy (non-hydrogen) atoms. The Hall–Kier alpha value is -0.880. The second-order valence-corrected chi connectivity index (χ2v) is 4.58. The Labute approximate surface area is 109 Å². The smallest absolute Gasteiger partial charge is 0.00989 e. The number of hydrogen-bond donors (Lipinski definition) is 0. The van der Waals surface area contributed by atoms with E-state index >= 15 is 0 Å². The van der Waals surface area contributed by atoms with Crippen molar-refractivity contribution in [3.05, 3.63) is 0 Å².